The lowest BCUT2D eigenvalue weighted by molar-refractivity contribution is -0.138. The van der Waals surface area contributed by atoms with Crippen molar-refractivity contribution in [1.82, 2.24) is 4.98 Å². The van der Waals surface area contributed by atoms with E-state index < -0.39 is 12.0 Å². The maximum Gasteiger partial charge on any atom is 0.326 e. The average Bonchev–Trinajstić information content (AvgIpc) is 3.65. The Labute approximate surface area is 252 Å². The summed E-state index contributed by atoms with van der Waals surface area (Å²) in [6.07, 6.45) is 9.94. The molecule has 3 unspecified atom stereocenters. The van der Waals surface area contributed by atoms with Crippen LogP contribution in [-0.2, 0) is 20.8 Å². The quantitative estimate of drug-likeness (QED) is 0.355. The molecule has 3 aliphatic carbocycles. The summed E-state index contributed by atoms with van der Waals surface area (Å²) in [7, 11) is 1.64. The van der Waals surface area contributed by atoms with E-state index in [9.17, 15) is 14.7 Å². The zero-order valence-corrected chi connectivity index (χ0v) is 25.7. The standard InChI is InChI=1S/C31H40N4O4S.ClH/c1-18-17-32-30(40-18)33-27(36)11-7-20-16-26(34-39-3)31(2)13-12-23-22-10-8-21(35-14-4-5-25(35)29(37)38)15-19(22)6-9-24(23)28(20)31;/h8,10,15,17,20,23-25,28H,4-7,9,11-14,16H2,1-3H3,(H,37,38)(H,32,33,36);1H/b34-26+;/t20-,23?,24?,25+,28?,31-;/m1./s1. The predicted octanol–water partition coefficient (Wildman–Crippen LogP) is 6.43. The first kappa shape index (κ1) is 29.8. The fourth-order valence-electron chi connectivity index (χ4n) is 8.59. The van der Waals surface area contributed by atoms with Crippen molar-refractivity contribution in [3.8, 4) is 0 Å². The Morgan fingerprint density at radius 1 is 1.29 bits per heavy atom. The van der Waals surface area contributed by atoms with Crippen molar-refractivity contribution < 1.29 is 19.5 Å². The van der Waals surface area contributed by atoms with Crippen LogP contribution in [0, 0.1) is 30.1 Å². The van der Waals surface area contributed by atoms with Crippen LogP contribution in [0.4, 0.5) is 10.8 Å². The van der Waals surface area contributed by atoms with Gasteiger partial charge in [0.25, 0.3) is 0 Å². The number of nitrogens with one attached hydrogen (secondary N) is 1. The van der Waals surface area contributed by atoms with E-state index in [1.807, 2.05) is 6.92 Å². The number of carboxylic acids is 1. The van der Waals surface area contributed by atoms with Crippen LogP contribution in [0.3, 0.4) is 0 Å². The molecule has 1 aromatic heterocycles. The first-order valence-corrected chi connectivity index (χ1v) is 15.5. The van der Waals surface area contributed by atoms with Crippen molar-refractivity contribution in [1.29, 1.82) is 0 Å². The molecule has 2 heterocycles. The highest BCUT2D eigenvalue weighted by Gasteiger charge is 2.57. The van der Waals surface area contributed by atoms with E-state index in [-0.39, 0.29) is 23.7 Å². The van der Waals surface area contributed by atoms with Crippen molar-refractivity contribution >= 4 is 52.2 Å². The van der Waals surface area contributed by atoms with Gasteiger partial charge in [0.05, 0.1) is 5.71 Å². The number of halogens is 1. The Morgan fingerprint density at radius 3 is 2.85 bits per heavy atom. The highest BCUT2D eigenvalue weighted by atomic mass is 35.5. The van der Waals surface area contributed by atoms with E-state index >= 15 is 0 Å². The van der Waals surface area contributed by atoms with Crippen molar-refractivity contribution in [2.45, 2.75) is 83.6 Å². The number of hydrogen-bond acceptors (Lipinski definition) is 7. The van der Waals surface area contributed by atoms with E-state index in [1.165, 1.54) is 22.5 Å². The number of carbonyl (C=O) groups is 2. The minimum atomic E-state index is -0.724. The van der Waals surface area contributed by atoms with Gasteiger partial charge in [0.15, 0.2) is 5.13 Å². The average molecular weight is 601 g/mol. The summed E-state index contributed by atoms with van der Waals surface area (Å²) in [6, 6.07) is 6.30. The molecule has 3 fully saturated rings. The predicted molar refractivity (Wildman–Crippen MR) is 164 cm³/mol. The van der Waals surface area contributed by atoms with Gasteiger partial charge < -0.3 is 20.2 Å². The molecule has 2 aromatic rings. The summed E-state index contributed by atoms with van der Waals surface area (Å²) in [5, 5.41) is 17.9. The van der Waals surface area contributed by atoms with Gasteiger partial charge in [-0.2, -0.15) is 0 Å². The molecule has 8 nitrogen and oxygen atoms in total. The summed E-state index contributed by atoms with van der Waals surface area (Å²) in [4.78, 5) is 37.4. The number of anilines is 2. The van der Waals surface area contributed by atoms with E-state index in [0.29, 0.717) is 41.6 Å². The molecule has 41 heavy (non-hydrogen) atoms. The maximum absolute atomic E-state index is 12.8. The maximum atomic E-state index is 12.8. The number of amides is 1. The number of carbonyl (C=O) groups excluding carboxylic acids is 1. The summed E-state index contributed by atoms with van der Waals surface area (Å²) < 4.78 is 0. The Bertz CT molecular complexity index is 1330. The van der Waals surface area contributed by atoms with Crippen LogP contribution in [0.15, 0.2) is 29.6 Å². The van der Waals surface area contributed by atoms with Gasteiger partial charge in [-0.3, -0.25) is 4.79 Å². The number of aromatic nitrogens is 1. The van der Waals surface area contributed by atoms with Crippen LogP contribution in [-0.4, -0.2) is 47.4 Å². The SMILES string of the molecule is CO/N=C1\C[C@@H](CCC(=O)Nc2ncc(C)s2)C2C3CCc4cc(N5CCC[C@H]5C(=O)O)ccc4C3CC[C@]12C.Cl. The molecule has 1 aliphatic heterocycles. The molecule has 6 atom stereocenters. The smallest absolute Gasteiger partial charge is 0.326 e. The molecule has 2 N–H and O–H groups in total. The van der Waals surface area contributed by atoms with Gasteiger partial charge in [-0.05, 0) is 105 Å². The molecule has 6 rings (SSSR count). The fraction of sp³-hybridized carbons (Fsp3) is 0.613. The first-order valence-electron chi connectivity index (χ1n) is 14.7. The number of nitrogens with zero attached hydrogens (tertiary/aromatic N) is 3. The molecular formula is C31H41ClN4O4S. The van der Waals surface area contributed by atoms with Crippen LogP contribution in [0.1, 0.15) is 80.2 Å². The zero-order chi connectivity index (χ0) is 28.0. The molecule has 4 aliphatic rings. The third-order valence-electron chi connectivity index (χ3n) is 10.3. The van der Waals surface area contributed by atoms with Crippen molar-refractivity contribution in [2.24, 2.45) is 28.3 Å². The monoisotopic (exact) mass is 600 g/mol. The number of aryl methyl sites for hydroxylation is 2. The molecule has 2 saturated carbocycles. The largest absolute Gasteiger partial charge is 0.480 e. The van der Waals surface area contributed by atoms with E-state index in [0.717, 1.165) is 67.8 Å². The lowest BCUT2D eigenvalue weighted by Crippen LogP contribution is -2.44. The van der Waals surface area contributed by atoms with E-state index in [4.69, 9.17) is 4.84 Å². The Balaban J connectivity index is 0.00000337. The molecular weight excluding hydrogens is 560 g/mol. The number of thiazole rings is 1. The van der Waals surface area contributed by atoms with Crippen molar-refractivity contribution in [3.05, 3.63) is 40.4 Å². The van der Waals surface area contributed by atoms with Crippen LogP contribution in [0.5, 0.6) is 0 Å². The fourth-order valence-corrected chi connectivity index (χ4v) is 9.27. The van der Waals surface area contributed by atoms with Gasteiger partial charge >= 0.3 is 5.97 Å². The minimum absolute atomic E-state index is 0. The van der Waals surface area contributed by atoms with Crippen molar-refractivity contribution in [2.75, 3.05) is 23.9 Å². The van der Waals surface area contributed by atoms with Gasteiger partial charge in [0.1, 0.15) is 13.2 Å². The molecule has 1 aromatic carbocycles. The second-order valence-corrected chi connectivity index (χ2v) is 13.6. The van der Waals surface area contributed by atoms with E-state index in [1.54, 1.807) is 13.3 Å². The van der Waals surface area contributed by atoms with Crippen molar-refractivity contribution in [3.63, 3.8) is 0 Å². The number of fused-ring (bicyclic) bond motifs is 5. The lowest BCUT2D eigenvalue weighted by Gasteiger charge is -2.50. The van der Waals surface area contributed by atoms with Gasteiger partial charge in [0.2, 0.25) is 5.91 Å². The number of rotatable bonds is 7. The zero-order valence-electron chi connectivity index (χ0n) is 24.1. The van der Waals surface area contributed by atoms with Crippen LogP contribution in [0.2, 0.25) is 0 Å². The third-order valence-corrected chi connectivity index (χ3v) is 11.1. The molecule has 0 bridgehead atoms. The van der Waals surface area contributed by atoms with E-state index in [2.05, 4.69) is 45.5 Å². The minimum Gasteiger partial charge on any atom is -0.480 e. The third kappa shape index (κ3) is 5.47. The highest BCUT2D eigenvalue weighted by Crippen LogP contribution is 2.62. The van der Waals surface area contributed by atoms with Gasteiger partial charge in [-0.25, -0.2) is 9.78 Å². The number of carboxylic acid groups (broad SMARTS) is 1. The Kier molecular flexibility index (Phi) is 8.67. The molecule has 1 saturated heterocycles. The van der Waals surface area contributed by atoms with Crippen LogP contribution >= 0.6 is 23.7 Å². The highest BCUT2D eigenvalue weighted by molar-refractivity contribution is 7.15. The molecule has 1 amide bonds. The number of oxime groups is 1. The van der Waals surface area contributed by atoms with Crippen LogP contribution < -0.4 is 10.2 Å². The van der Waals surface area contributed by atoms with Crippen LogP contribution in [0.25, 0.3) is 0 Å². The topological polar surface area (TPSA) is 104 Å². The normalized spacial score (nSPS) is 31.1. The Morgan fingerprint density at radius 2 is 2.12 bits per heavy atom. The Hall–Kier alpha value is -2.65. The summed E-state index contributed by atoms with van der Waals surface area (Å²) in [5.74, 6) is 1.17. The lowest BCUT2D eigenvalue weighted by atomic mass is 9.54. The first-order chi connectivity index (χ1) is 19.3. The number of aliphatic carboxylic acids is 1. The summed E-state index contributed by atoms with van der Waals surface area (Å²) in [6.45, 7) is 5.18. The molecule has 0 spiro atoms. The van der Waals surface area contributed by atoms with Gasteiger partial charge in [0, 0.05) is 35.1 Å². The second-order valence-electron chi connectivity index (χ2n) is 12.4. The number of benzene rings is 1. The molecule has 10 heteroatoms. The summed E-state index contributed by atoms with van der Waals surface area (Å²) in [5.41, 5.74) is 5.04. The summed E-state index contributed by atoms with van der Waals surface area (Å²) >= 11 is 1.51. The molecule has 222 valence electrons. The molecule has 0 radical (unpaired) electrons. The van der Waals surface area contributed by atoms with Gasteiger partial charge in [-0.15, -0.1) is 23.7 Å². The van der Waals surface area contributed by atoms with Gasteiger partial charge in [-0.1, -0.05) is 18.1 Å². The second kappa shape index (κ2) is 11.9. The number of hydrogen-bond donors (Lipinski definition) is 2.